The molecule has 5 nitrogen and oxygen atoms in total. The molecule has 0 bridgehead atoms. The van der Waals surface area contributed by atoms with Crippen molar-refractivity contribution in [1.29, 1.82) is 0 Å². The number of ether oxygens (including phenoxy) is 1. The van der Waals surface area contributed by atoms with Gasteiger partial charge in [-0.15, -0.1) is 0 Å². The van der Waals surface area contributed by atoms with Crippen LogP contribution < -0.4 is 15.4 Å². The molecule has 2 aromatic rings. The standard InChI is InChI=1S/C15H22N4O/c1-11(9-12-7-5-6-8-14(12)20-4)19(3)15-13(16)10-18(2)17-15/h5-8,10-11H,9,16H2,1-4H3. The monoisotopic (exact) mass is 274 g/mol. The van der Waals surface area contributed by atoms with Gasteiger partial charge in [0, 0.05) is 26.3 Å². The smallest absolute Gasteiger partial charge is 0.173 e. The van der Waals surface area contributed by atoms with Crippen molar-refractivity contribution < 1.29 is 4.74 Å². The molecule has 2 rings (SSSR count). The number of anilines is 2. The van der Waals surface area contributed by atoms with Crippen LogP contribution in [0.25, 0.3) is 0 Å². The van der Waals surface area contributed by atoms with Crippen LogP contribution in [-0.4, -0.2) is 30.0 Å². The number of benzene rings is 1. The van der Waals surface area contributed by atoms with Crippen LogP contribution in [0.5, 0.6) is 5.75 Å². The molecule has 0 aliphatic carbocycles. The second-order valence-corrected chi connectivity index (χ2v) is 5.06. The lowest BCUT2D eigenvalue weighted by molar-refractivity contribution is 0.408. The minimum atomic E-state index is 0.267. The Balaban J connectivity index is 2.15. The van der Waals surface area contributed by atoms with E-state index in [9.17, 15) is 0 Å². The highest BCUT2D eigenvalue weighted by Gasteiger charge is 2.17. The maximum atomic E-state index is 5.98. The fraction of sp³-hybridized carbons (Fsp3) is 0.400. The summed E-state index contributed by atoms with van der Waals surface area (Å²) in [6.07, 6.45) is 2.69. The van der Waals surface area contributed by atoms with Crippen molar-refractivity contribution in [3.63, 3.8) is 0 Å². The van der Waals surface area contributed by atoms with Crippen molar-refractivity contribution in [3.05, 3.63) is 36.0 Å². The fourth-order valence-electron chi connectivity index (χ4n) is 2.30. The van der Waals surface area contributed by atoms with E-state index in [0.717, 1.165) is 18.0 Å². The summed E-state index contributed by atoms with van der Waals surface area (Å²) < 4.78 is 7.13. The first-order valence-corrected chi connectivity index (χ1v) is 6.66. The summed E-state index contributed by atoms with van der Waals surface area (Å²) in [5.41, 5.74) is 7.86. The second kappa shape index (κ2) is 5.86. The molecule has 1 unspecified atom stereocenters. The average Bonchev–Trinajstić information content (AvgIpc) is 2.77. The van der Waals surface area contributed by atoms with Crippen molar-refractivity contribution in [2.75, 3.05) is 24.8 Å². The van der Waals surface area contributed by atoms with Crippen molar-refractivity contribution in [2.24, 2.45) is 7.05 Å². The third kappa shape index (κ3) is 2.87. The zero-order valence-electron chi connectivity index (χ0n) is 12.5. The maximum Gasteiger partial charge on any atom is 0.173 e. The van der Waals surface area contributed by atoms with Gasteiger partial charge in [0.05, 0.1) is 12.8 Å². The van der Waals surface area contributed by atoms with E-state index < -0.39 is 0 Å². The van der Waals surface area contributed by atoms with E-state index in [1.165, 1.54) is 5.56 Å². The molecule has 0 saturated carbocycles. The van der Waals surface area contributed by atoms with E-state index >= 15 is 0 Å². The number of aromatic nitrogens is 2. The number of rotatable bonds is 5. The minimum Gasteiger partial charge on any atom is -0.496 e. The number of hydrogen-bond donors (Lipinski definition) is 1. The van der Waals surface area contributed by atoms with Crippen LogP contribution in [0.1, 0.15) is 12.5 Å². The summed E-state index contributed by atoms with van der Waals surface area (Å²) in [4.78, 5) is 2.10. The van der Waals surface area contributed by atoms with E-state index in [-0.39, 0.29) is 6.04 Å². The number of aryl methyl sites for hydroxylation is 1. The molecule has 1 aromatic carbocycles. The topological polar surface area (TPSA) is 56.3 Å². The Morgan fingerprint density at radius 2 is 2.10 bits per heavy atom. The number of methoxy groups -OCH3 is 1. The predicted molar refractivity (Wildman–Crippen MR) is 82.2 cm³/mol. The Labute approximate surface area is 119 Å². The quantitative estimate of drug-likeness (QED) is 0.907. The number of likely N-dealkylation sites (N-methyl/N-ethyl adjacent to an activating group) is 1. The van der Waals surface area contributed by atoms with Gasteiger partial charge in [-0.2, -0.15) is 5.10 Å². The molecular weight excluding hydrogens is 252 g/mol. The average molecular weight is 274 g/mol. The van der Waals surface area contributed by atoms with Crippen LogP contribution in [0.3, 0.4) is 0 Å². The van der Waals surface area contributed by atoms with Gasteiger partial charge in [-0.3, -0.25) is 4.68 Å². The molecule has 2 N–H and O–H groups in total. The summed E-state index contributed by atoms with van der Waals surface area (Å²) in [7, 11) is 5.58. The molecule has 0 radical (unpaired) electrons. The molecular formula is C15H22N4O. The minimum absolute atomic E-state index is 0.267. The maximum absolute atomic E-state index is 5.98. The van der Waals surface area contributed by atoms with Crippen LogP contribution in [0, 0.1) is 0 Å². The summed E-state index contributed by atoms with van der Waals surface area (Å²) in [6.45, 7) is 2.15. The second-order valence-electron chi connectivity index (χ2n) is 5.06. The summed E-state index contributed by atoms with van der Waals surface area (Å²) in [6, 6.07) is 8.35. The molecule has 5 heteroatoms. The Kier molecular flexibility index (Phi) is 4.17. The lowest BCUT2D eigenvalue weighted by Gasteiger charge is -2.26. The van der Waals surface area contributed by atoms with Gasteiger partial charge >= 0.3 is 0 Å². The van der Waals surface area contributed by atoms with Crippen LogP contribution in [0.2, 0.25) is 0 Å². The molecule has 1 heterocycles. The van der Waals surface area contributed by atoms with Gasteiger partial charge < -0.3 is 15.4 Å². The highest BCUT2D eigenvalue weighted by Crippen LogP contribution is 2.25. The van der Waals surface area contributed by atoms with Gasteiger partial charge in [-0.1, -0.05) is 18.2 Å². The van der Waals surface area contributed by atoms with Crippen molar-refractivity contribution in [2.45, 2.75) is 19.4 Å². The molecule has 0 amide bonds. The molecule has 0 aliphatic rings. The number of hydrogen-bond acceptors (Lipinski definition) is 4. The first-order valence-electron chi connectivity index (χ1n) is 6.66. The van der Waals surface area contributed by atoms with E-state index in [0.29, 0.717) is 5.69 Å². The first kappa shape index (κ1) is 14.2. The molecule has 0 aliphatic heterocycles. The van der Waals surface area contributed by atoms with E-state index in [4.69, 9.17) is 10.5 Å². The Hall–Kier alpha value is -2.17. The highest BCUT2D eigenvalue weighted by atomic mass is 16.5. The van der Waals surface area contributed by atoms with Gasteiger partial charge in [0.1, 0.15) is 5.75 Å². The highest BCUT2D eigenvalue weighted by molar-refractivity contribution is 5.61. The number of para-hydroxylation sites is 1. The van der Waals surface area contributed by atoms with Crippen molar-refractivity contribution in [1.82, 2.24) is 9.78 Å². The van der Waals surface area contributed by atoms with Gasteiger partial charge in [0.25, 0.3) is 0 Å². The zero-order chi connectivity index (χ0) is 14.7. The van der Waals surface area contributed by atoms with E-state index in [1.807, 2.05) is 38.5 Å². The van der Waals surface area contributed by atoms with Crippen LogP contribution in [-0.2, 0) is 13.5 Å². The zero-order valence-corrected chi connectivity index (χ0v) is 12.5. The summed E-state index contributed by atoms with van der Waals surface area (Å²) in [5, 5.41) is 4.40. The van der Waals surface area contributed by atoms with Crippen LogP contribution in [0.15, 0.2) is 30.5 Å². The number of nitrogen functional groups attached to an aromatic ring is 1. The van der Waals surface area contributed by atoms with Crippen LogP contribution >= 0.6 is 0 Å². The predicted octanol–water partition coefficient (Wildman–Crippen LogP) is 2.08. The fourth-order valence-corrected chi connectivity index (χ4v) is 2.30. The number of nitrogens with zero attached hydrogens (tertiary/aromatic N) is 3. The van der Waals surface area contributed by atoms with Gasteiger partial charge in [-0.25, -0.2) is 0 Å². The molecule has 1 atom stereocenters. The Morgan fingerprint density at radius 3 is 2.70 bits per heavy atom. The molecule has 20 heavy (non-hydrogen) atoms. The van der Waals surface area contributed by atoms with Crippen LogP contribution in [0.4, 0.5) is 11.5 Å². The summed E-state index contributed by atoms with van der Waals surface area (Å²) >= 11 is 0. The Bertz CT molecular complexity index is 579. The summed E-state index contributed by atoms with van der Waals surface area (Å²) in [5.74, 6) is 1.73. The molecule has 0 saturated heterocycles. The first-order chi connectivity index (χ1) is 9.52. The van der Waals surface area contributed by atoms with E-state index in [1.54, 1.807) is 11.8 Å². The third-order valence-corrected chi connectivity index (χ3v) is 3.54. The SMILES string of the molecule is COc1ccccc1CC(C)N(C)c1nn(C)cc1N. The normalized spacial score (nSPS) is 12.2. The third-order valence-electron chi connectivity index (χ3n) is 3.54. The number of nitrogens with two attached hydrogens (primary N) is 1. The molecule has 0 spiro atoms. The van der Waals surface area contributed by atoms with E-state index in [2.05, 4.69) is 23.0 Å². The van der Waals surface area contributed by atoms with Crippen molar-refractivity contribution in [3.8, 4) is 5.75 Å². The van der Waals surface area contributed by atoms with Gasteiger partial charge in [0.15, 0.2) is 5.82 Å². The molecule has 0 fully saturated rings. The molecule has 1 aromatic heterocycles. The lowest BCUT2D eigenvalue weighted by Crippen LogP contribution is -2.31. The van der Waals surface area contributed by atoms with Gasteiger partial charge in [-0.05, 0) is 25.0 Å². The lowest BCUT2D eigenvalue weighted by atomic mass is 10.1. The largest absolute Gasteiger partial charge is 0.496 e. The molecule has 108 valence electrons. The van der Waals surface area contributed by atoms with Gasteiger partial charge in [0.2, 0.25) is 0 Å². The van der Waals surface area contributed by atoms with Crippen molar-refractivity contribution >= 4 is 11.5 Å². The Morgan fingerprint density at radius 1 is 1.40 bits per heavy atom.